The lowest BCUT2D eigenvalue weighted by atomic mass is 10.1. The summed E-state index contributed by atoms with van der Waals surface area (Å²) in [5.74, 6) is -0.484. The van der Waals surface area contributed by atoms with Gasteiger partial charge in [0.2, 0.25) is 0 Å². The number of esters is 1. The molecule has 0 spiro atoms. The van der Waals surface area contributed by atoms with E-state index in [2.05, 4.69) is 4.90 Å². The molecule has 2 aromatic rings. The number of benzene rings is 2. The third-order valence-electron chi connectivity index (χ3n) is 4.74. The third kappa shape index (κ3) is 4.52. The van der Waals surface area contributed by atoms with Crippen molar-refractivity contribution >= 4 is 17.6 Å². The molecule has 2 aromatic carbocycles. The Labute approximate surface area is 162 Å². The Morgan fingerprint density at radius 3 is 2.32 bits per heavy atom. The molecule has 8 heteroatoms. The number of piperazine rings is 1. The zero-order valence-corrected chi connectivity index (χ0v) is 15.5. The summed E-state index contributed by atoms with van der Waals surface area (Å²) in [6.45, 7) is 3.26. The lowest BCUT2D eigenvalue weighted by Gasteiger charge is -2.34. The van der Waals surface area contributed by atoms with Crippen molar-refractivity contribution in [2.75, 3.05) is 33.3 Å². The van der Waals surface area contributed by atoms with E-state index < -0.39 is 4.92 Å². The van der Waals surface area contributed by atoms with E-state index in [4.69, 9.17) is 4.74 Å². The number of carbonyl (C=O) groups excluding carboxylic acids is 2. The van der Waals surface area contributed by atoms with Crippen LogP contribution in [0.25, 0.3) is 0 Å². The Hall–Kier alpha value is -3.26. The van der Waals surface area contributed by atoms with Crippen LogP contribution in [-0.2, 0) is 11.3 Å². The number of rotatable bonds is 5. The van der Waals surface area contributed by atoms with E-state index in [0.717, 1.165) is 5.56 Å². The number of hydrogen-bond acceptors (Lipinski definition) is 6. The van der Waals surface area contributed by atoms with Gasteiger partial charge in [0.15, 0.2) is 0 Å². The van der Waals surface area contributed by atoms with E-state index in [-0.39, 0.29) is 17.6 Å². The summed E-state index contributed by atoms with van der Waals surface area (Å²) in [4.78, 5) is 38.4. The number of hydrogen-bond donors (Lipinski definition) is 0. The highest BCUT2D eigenvalue weighted by Gasteiger charge is 2.22. The van der Waals surface area contributed by atoms with E-state index >= 15 is 0 Å². The number of nitro groups is 1. The molecule has 1 fully saturated rings. The molecule has 1 heterocycles. The van der Waals surface area contributed by atoms with Crippen LogP contribution in [0.4, 0.5) is 5.69 Å². The van der Waals surface area contributed by atoms with Crippen LogP contribution in [-0.4, -0.2) is 59.9 Å². The SMILES string of the molecule is COC(=O)c1cccc(CN2CCN(C(=O)c3ccc([N+](=O)[O-])cc3)CC2)c1. The van der Waals surface area contributed by atoms with Crippen LogP contribution < -0.4 is 0 Å². The van der Waals surface area contributed by atoms with Gasteiger partial charge in [0.05, 0.1) is 17.6 Å². The van der Waals surface area contributed by atoms with Gasteiger partial charge in [-0.15, -0.1) is 0 Å². The molecule has 0 aromatic heterocycles. The van der Waals surface area contributed by atoms with Crippen molar-refractivity contribution in [2.24, 2.45) is 0 Å². The summed E-state index contributed by atoms with van der Waals surface area (Å²) < 4.78 is 4.75. The van der Waals surface area contributed by atoms with Crippen molar-refractivity contribution < 1.29 is 19.2 Å². The fourth-order valence-corrected chi connectivity index (χ4v) is 3.19. The summed E-state index contributed by atoms with van der Waals surface area (Å²) in [6, 6.07) is 13.0. The Morgan fingerprint density at radius 1 is 1.04 bits per heavy atom. The van der Waals surface area contributed by atoms with Crippen molar-refractivity contribution in [1.29, 1.82) is 0 Å². The predicted octanol–water partition coefficient (Wildman–Crippen LogP) is 2.34. The topological polar surface area (TPSA) is 93.0 Å². The quantitative estimate of drug-likeness (QED) is 0.447. The Morgan fingerprint density at radius 2 is 1.71 bits per heavy atom. The second-order valence-corrected chi connectivity index (χ2v) is 6.56. The molecule has 8 nitrogen and oxygen atoms in total. The summed E-state index contributed by atoms with van der Waals surface area (Å²) in [5, 5.41) is 10.7. The monoisotopic (exact) mass is 383 g/mol. The van der Waals surface area contributed by atoms with Crippen molar-refractivity contribution in [3.05, 3.63) is 75.3 Å². The van der Waals surface area contributed by atoms with Crippen LogP contribution in [0.3, 0.4) is 0 Å². The molecule has 146 valence electrons. The fourth-order valence-electron chi connectivity index (χ4n) is 3.19. The zero-order chi connectivity index (χ0) is 20.1. The Kier molecular flexibility index (Phi) is 6.00. The van der Waals surface area contributed by atoms with E-state index in [1.807, 2.05) is 18.2 Å². The first-order valence-corrected chi connectivity index (χ1v) is 8.91. The first-order valence-electron chi connectivity index (χ1n) is 8.91. The second kappa shape index (κ2) is 8.62. The van der Waals surface area contributed by atoms with Crippen molar-refractivity contribution in [2.45, 2.75) is 6.54 Å². The number of ether oxygens (including phenoxy) is 1. The highest BCUT2D eigenvalue weighted by atomic mass is 16.6. The lowest BCUT2D eigenvalue weighted by Crippen LogP contribution is -2.48. The fraction of sp³-hybridized carbons (Fsp3) is 0.300. The van der Waals surface area contributed by atoms with Crippen LogP contribution in [0.1, 0.15) is 26.3 Å². The molecule has 0 aliphatic carbocycles. The number of nitrogens with zero attached hydrogens (tertiary/aromatic N) is 3. The normalized spacial score (nSPS) is 14.5. The van der Waals surface area contributed by atoms with E-state index in [1.54, 1.807) is 11.0 Å². The van der Waals surface area contributed by atoms with Crippen LogP contribution in [0, 0.1) is 10.1 Å². The minimum absolute atomic E-state index is 0.0319. The molecule has 0 radical (unpaired) electrons. The van der Waals surface area contributed by atoms with E-state index in [1.165, 1.54) is 31.4 Å². The van der Waals surface area contributed by atoms with Crippen molar-refractivity contribution in [1.82, 2.24) is 9.80 Å². The standard InChI is InChI=1S/C20H21N3O5/c1-28-20(25)17-4-2-3-15(13-17)14-21-9-11-22(12-10-21)19(24)16-5-7-18(8-6-16)23(26)27/h2-8,13H,9-12,14H2,1H3. The number of nitro benzene ring substituents is 1. The smallest absolute Gasteiger partial charge is 0.337 e. The minimum Gasteiger partial charge on any atom is -0.465 e. The average Bonchev–Trinajstić information content (AvgIpc) is 2.73. The van der Waals surface area contributed by atoms with Crippen molar-refractivity contribution in [3.63, 3.8) is 0 Å². The number of amides is 1. The van der Waals surface area contributed by atoms with Gasteiger partial charge < -0.3 is 9.64 Å². The van der Waals surface area contributed by atoms with Gasteiger partial charge in [-0.3, -0.25) is 19.8 Å². The molecule has 0 atom stereocenters. The second-order valence-electron chi connectivity index (χ2n) is 6.56. The molecule has 3 rings (SSSR count). The number of non-ortho nitro benzene ring substituents is 1. The van der Waals surface area contributed by atoms with Crippen LogP contribution in [0.5, 0.6) is 0 Å². The van der Waals surface area contributed by atoms with Gasteiger partial charge in [-0.25, -0.2) is 4.79 Å². The molecule has 1 saturated heterocycles. The summed E-state index contributed by atoms with van der Waals surface area (Å²) in [6.07, 6.45) is 0. The lowest BCUT2D eigenvalue weighted by molar-refractivity contribution is -0.384. The van der Waals surface area contributed by atoms with Gasteiger partial charge in [-0.2, -0.15) is 0 Å². The molecule has 1 amide bonds. The van der Waals surface area contributed by atoms with Gasteiger partial charge in [-0.05, 0) is 29.8 Å². The molecule has 1 aliphatic rings. The third-order valence-corrected chi connectivity index (χ3v) is 4.74. The Balaban J connectivity index is 1.56. The van der Waals surface area contributed by atoms with E-state index in [0.29, 0.717) is 43.9 Å². The van der Waals surface area contributed by atoms with Gasteiger partial charge >= 0.3 is 5.97 Å². The minimum atomic E-state index is -0.484. The molecule has 0 saturated carbocycles. The Bertz CT molecular complexity index is 874. The maximum Gasteiger partial charge on any atom is 0.337 e. The van der Waals surface area contributed by atoms with Gasteiger partial charge in [-0.1, -0.05) is 12.1 Å². The molecular formula is C20H21N3O5. The van der Waals surface area contributed by atoms with Crippen LogP contribution in [0.2, 0.25) is 0 Å². The average molecular weight is 383 g/mol. The molecular weight excluding hydrogens is 362 g/mol. The molecule has 0 unspecified atom stereocenters. The van der Waals surface area contributed by atoms with E-state index in [9.17, 15) is 19.7 Å². The summed E-state index contributed by atoms with van der Waals surface area (Å²) in [5.41, 5.74) is 1.95. The maximum atomic E-state index is 12.6. The van der Waals surface area contributed by atoms with Crippen molar-refractivity contribution in [3.8, 4) is 0 Å². The van der Waals surface area contributed by atoms with Gasteiger partial charge in [0, 0.05) is 50.4 Å². The number of methoxy groups -OCH3 is 1. The van der Waals surface area contributed by atoms with Gasteiger partial charge in [0.25, 0.3) is 11.6 Å². The number of carbonyl (C=O) groups is 2. The van der Waals surface area contributed by atoms with Gasteiger partial charge in [0.1, 0.15) is 0 Å². The van der Waals surface area contributed by atoms with Crippen LogP contribution in [0.15, 0.2) is 48.5 Å². The first-order chi connectivity index (χ1) is 13.5. The highest BCUT2D eigenvalue weighted by molar-refractivity contribution is 5.94. The molecule has 1 aliphatic heterocycles. The zero-order valence-electron chi connectivity index (χ0n) is 15.5. The maximum absolute atomic E-state index is 12.6. The highest BCUT2D eigenvalue weighted by Crippen LogP contribution is 2.16. The largest absolute Gasteiger partial charge is 0.465 e. The molecule has 0 bridgehead atoms. The molecule has 0 N–H and O–H groups in total. The predicted molar refractivity (Wildman–Crippen MR) is 102 cm³/mol. The van der Waals surface area contributed by atoms with Crippen LogP contribution >= 0.6 is 0 Å². The molecule has 28 heavy (non-hydrogen) atoms. The summed E-state index contributed by atoms with van der Waals surface area (Å²) >= 11 is 0. The summed E-state index contributed by atoms with van der Waals surface area (Å²) in [7, 11) is 1.36. The first kappa shape index (κ1) is 19.5.